The van der Waals surface area contributed by atoms with E-state index in [0.717, 1.165) is 6.07 Å². The van der Waals surface area contributed by atoms with Crippen LogP contribution < -0.4 is 4.74 Å². The van der Waals surface area contributed by atoms with Crippen LogP contribution in [0, 0.1) is 5.82 Å². The summed E-state index contributed by atoms with van der Waals surface area (Å²) in [5.74, 6) is -1.25. The molecule has 0 aliphatic carbocycles. The van der Waals surface area contributed by atoms with E-state index in [4.69, 9.17) is 27.9 Å². The van der Waals surface area contributed by atoms with Crippen molar-refractivity contribution in [3.8, 4) is 5.75 Å². The Kier molecular flexibility index (Phi) is 5.64. The normalized spacial score (nSPS) is 11.3. The molecule has 0 spiro atoms. The van der Waals surface area contributed by atoms with Gasteiger partial charge in [-0.3, -0.25) is 4.79 Å². The third-order valence-electron chi connectivity index (χ3n) is 2.83. The van der Waals surface area contributed by atoms with Gasteiger partial charge in [0.1, 0.15) is 0 Å². The van der Waals surface area contributed by atoms with Crippen LogP contribution in [0.1, 0.15) is 10.4 Å². The van der Waals surface area contributed by atoms with Gasteiger partial charge < -0.3 is 9.64 Å². The molecule has 0 aliphatic heterocycles. The lowest BCUT2D eigenvalue weighted by molar-refractivity contribution is 0.0981. The molecule has 0 saturated carbocycles. The maximum absolute atomic E-state index is 13.9. The van der Waals surface area contributed by atoms with E-state index in [2.05, 4.69) is 0 Å². The quantitative estimate of drug-likeness (QED) is 0.439. The standard InChI is InChI=1S/C17H14Cl2FNO2/c1-21(2)10-16(17(22)12-5-3-4-6-13(12)19)23-15-8-7-11(18)9-14(15)20/h3-10H,1-2H3. The fraction of sp³-hybridized carbons (Fsp3) is 0.118. The molecule has 2 aromatic carbocycles. The topological polar surface area (TPSA) is 29.5 Å². The monoisotopic (exact) mass is 353 g/mol. The number of allylic oxidation sites excluding steroid dienone is 1. The Morgan fingerprint density at radius 2 is 1.87 bits per heavy atom. The first-order valence-corrected chi connectivity index (χ1v) is 7.44. The van der Waals surface area contributed by atoms with Gasteiger partial charge in [0.2, 0.25) is 5.78 Å². The molecule has 0 N–H and O–H groups in total. The van der Waals surface area contributed by atoms with Crippen molar-refractivity contribution in [1.82, 2.24) is 4.90 Å². The van der Waals surface area contributed by atoms with E-state index in [9.17, 15) is 9.18 Å². The zero-order chi connectivity index (χ0) is 17.0. The number of carbonyl (C=O) groups excluding carboxylic acids is 1. The molecule has 0 heterocycles. The minimum absolute atomic E-state index is 0.0516. The highest BCUT2D eigenvalue weighted by Gasteiger charge is 2.19. The minimum atomic E-state index is -0.658. The van der Waals surface area contributed by atoms with E-state index >= 15 is 0 Å². The van der Waals surface area contributed by atoms with Crippen LogP contribution in [0.2, 0.25) is 10.0 Å². The number of halogens is 3. The zero-order valence-corrected chi connectivity index (χ0v) is 14.0. The van der Waals surface area contributed by atoms with E-state index in [-0.39, 0.29) is 22.1 Å². The van der Waals surface area contributed by atoms with Crippen LogP contribution in [-0.4, -0.2) is 24.8 Å². The fourth-order valence-corrected chi connectivity index (χ4v) is 2.20. The van der Waals surface area contributed by atoms with Crippen molar-refractivity contribution in [3.05, 3.63) is 75.8 Å². The van der Waals surface area contributed by atoms with Crippen molar-refractivity contribution >= 4 is 29.0 Å². The second-order valence-electron chi connectivity index (χ2n) is 4.94. The van der Waals surface area contributed by atoms with E-state index in [1.807, 2.05) is 0 Å². The highest BCUT2D eigenvalue weighted by molar-refractivity contribution is 6.34. The van der Waals surface area contributed by atoms with Gasteiger partial charge in [-0.25, -0.2) is 4.39 Å². The third kappa shape index (κ3) is 4.47. The molecule has 0 bridgehead atoms. The van der Waals surface area contributed by atoms with Crippen LogP contribution in [-0.2, 0) is 0 Å². The zero-order valence-electron chi connectivity index (χ0n) is 12.5. The number of rotatable bonds is 5. The molecular formula is C17H14Cl2FNO2. The Bertz CT molecular complexity index is 760. The van der Waals surface area contributed by atoms with Crippen molar-refractivity contribution in [1.29, 1.82) is 0 Å². The maximum atomic E-state index is 13.9. The summed E-state index contributed by atoms with van der Waals surface area (Å²) in [7, 11) is 3.45. The largest absolute Gasteiger partial charge is 0.449 e. The first-order valence-electron chi connectivity index (χ1n) is 6.69. The third-order valence-corrected chi connectivity index (χ3v) is 3.40. The second kappa shape index (κ2) is 7.49. The number of ketones is 1. The number of benzene rings is 2. The Morgan fingerprint density at radius 1 is 1.17 bits per heavy atom. The summed E-state index contributed by atoms with van der Waals surface area (Å²) in [6.07, 6.45) is 1.46. The van der Waals surface area contributed by atoms with Gasteiger partial charge in [-0.1, -0.05) is 35.3 Å². The number of hydrogen-bond donors (Lipinski definition) is 0. The first kappa shape index (κ1) is 17.3. The fourth-order valence-electron chi connectivity index (χ4n) is 1.82. The van der Waals surface area contributed by atoms with Gasteiger partial charge in [0.05, 0.1) is 5.02 Å². The summed E-state index contributed by atoms with van der Waals surface area (Å²) in [5, 5.41) is 0.535. The van der Waals surface area contributed by atoms with Gasteiger partial charge in [0.25, 0.3) is 0 Å². The van der Waals surface area contributed by atoms with Crippen LogP contribution in [0.3, 0.4) is 0 Å². The maximum Gasteiger partial charge on any atom is 0.231 e. The van der Waals surface area contributed by atoms with Crippen molar-refractivity contribution in [2.45, 2.75) is 0 Å². The van der Waals surface area contributed by atoms with Crippen LogP contribution in [0.15, 0.2) is 54.4 Å². The molecule has 0 radical (unpaired) electrons. The van der Waals surface area contributed by atoms with Gasteiger partial charge >= 0.3 is 0 Å². The van der Waals surface area contributed by atoms with E-state index in [1.54, 1.807) is 43.3 Å². The predicted octanol–water partition coefficient (Wildman–Crippen LogP) is 4.80. The lowest BCUT2D eigenvalue weighted by atomic mass is 10.1. The lowest BCUT2D eigenvalue weighted by Gasteiger charge is -2.14. The number of carbonyl (C=O) groups is 1. The molecule has 0 atom stereocenters. The van der Waals surface area contributed by atoms with Gasteiger partial charge in [0, 0.05) is 30.9 Å². The molecule has 3 nitrogen and oxygen atoms in total. The number of hydrogen-bond acceptors (Lipinski definition) is 3. The van der Waals surface area contributed by atoms with Gasteiger partial charge in [-0.15, -0.1) is 0 Å². The average Bonchev–Trinajstić information content (AvgIpc) is 2.48. The summed E-state index contributed by atoms with van der Waals surface area (Å²) >= 11 is 11.8. The van der Waals surface area contributed by atoms with E-state index in [1.165, 1.54) is 18.3 Å². The van der Waals surface area contributed by atoms with Gasteiger partial charge in [-0.2, -0.15) is 0 Å². The Morgan fingerprint density at radius 3 is 2.48 bits per heavy atom. The lowest BCUT2D eigenvalue weighted by Crippen LogP contribution is -2.15. The van der Waals surface area contributed by atoms with E-state index in [0.29, 0.717) is 5.02 Å². The molecule has 120 valence electrons. The Hall–Kier alpha value is -2.04. The molecule has 0 saturated heterocycles. The second-order valence-corrected chi connectivity index (χ2v) is 5.79. The van der Waals surface area contributed by atoms with Gasteiger partial charge in [-0.05, 0) is 30.3 Å². The average molecular weight is 354 g/mol. The van der Waals surface area contributed by atoms with Crippen LogP contribution in [0.25, 0.3) is 0 Å². The van der Waals surface area contributed by atoms with Crippen LogP contribution >= 0.6 is 23.2 Å². The minimum Gasteiger partial charge on any atom is -0.449 e. The van der Waals surface area contributed by atoms with Crippen molar-refractivity contribution in [3.63, 3.8) is 0 Å². The molecule has 0 aliphatic rings. The molecular weight excluding hydrogens is 340 g/mol. The molecule has 0 fully saturated rings. The van der Waals surface area contributed by atoms with Crippen LogP contribution in [0.5, 0.6) is 5.75 Å². The van der Waals surface area contributed by atoms with Crippen molar-refractivity contribution < 1.29 is 13.9 Å². The SMILES string of the molecule is CN(C)C=C(Oc1ccc(Cl)cc1F)C(=O)c1ccccc1Cl. The van der Waals surface area contributed by atoms with Crippen LogP contribution in [0.4, 0.5) is 4.39 Å². The number of nitrogens with zero attached hydrogens (tertiary/aromatic N) is 1. The number of ether oxygens (including phenoxy) is 1. The smallest absolute Gasteiger partial charge is 0.231 e. The summed E-state index contributed by atoms with van der Waals surface area (Å²) in [4.78, 5) is 14.3. The highest BCUT2D eigenvalue weighted by Crippen LogP contribution is 2.25. The summed E-state index contributed by atoms with van der Waals surface area (Å²) in [5.41, 5.74) is 0.275. The van der Waals surface area contributed by atoms with E-state index < -0.39 is 11.6 Å². The van der Waals surface area contributed by atoms with Crippen molar-refractivity contribution in [2.24, 2.45) is 0 Å². The molecule has 0 aromatic heterocycles. The predicted molar refractivity (Wildman–Crippen MR) is 89.6 cm³/mol. The van der Waals surface area contributed by atoms with Crippen molar-refractivity contribution in [2.75, 3.05) is 14.1 Å². The summed E-state index contributed by atoms with van der Waals surface area (Å²) in [6, 6.07) is 10.5. The first-order chi connectivity index (χ1) is 10.9. The molecule has 2 aromatic rings. The molecule has 6 heteroatoms. The molecule has 23 heavy (non-hydrogen) atoms. The van der Waals surface area contributed by atoms with Gasteiger partial charge in [0.15, 0.2) is 17.3 Å². The Balaban J connectivity index is 2.38. The highest BCUT2D eigenvalue weighted by atomic mass is 35.5. The molecule has 2 rings (SSSR count). The number of Topliss-reactive ketones (excluding diaryl/α,β-unsaturated/α-hetero) is 1. The summed E-state index contributed by atoms with van der Waals surface area (Å²) in [6.45, 7) is 0. The molecule has 0 unspecified atom stereocenters. The summed E-state index contributed by atoms with van der Waals surface area (Å²) < 4.78 is 19.4. The Labute approximate surface area is 143 Å². The molecule has 0 amide bonds.